The Bertz CT molecular complexity index is 342. The van der Waals surface area contributed by atoms with Crippen molar-refractivity contribution in [1.82, 2.24) is 0 Å². The molecule has 1 N–H and O–H groups in total. The Balaban J connectivity index is 1.94. The summed E-state index contributed by atoms with van der Waals surface area (Å²) < 4.78 is 5.47. The highest BCUT2D eigenvalue weighted by Gasteiger charge is 2.45. The summed E-state index contributed by atoms with van der Waals surface area (Å²) in [6.45, 7) is 2.00. The number of carboxylic acid groups (broad SMARTS) is 1. The number of aryl methyl sites for hydroxylation is 1. The monoisotopic (exact) mass is 192 g/mol. The molecule has 1 aromatic rings. The summed E-state index contributed by atoms with van der Waals surface area (Å²) in [4.78, 5) is 10.5. The minimum atomic E-state index is -0.762. The average molecular weight is 192 g/mol. The Morgan fingerprint density at radius 1 is 1.43 bits per heavy atom. The van der Waals surface area contributed by atoms with E-state index in [0.29, 0.717) is 6.42 Å². The predicted molar refractivity (Wildman–Crippen MR) is 51.3 cm³/mol. The van der Waals surface area contributed by atoms with Crippen LogP contribution in [-0.2, 0) is 4.79 Å². The fourth-order valence-electron chi connectivity index (χ4n) is 1.35. The topological polar surface area (TPSA) is 46.5 Å². The summed E-state index contributed by atoms with van der Waals surface area (Å²) in [7, 11) is 0. The normalized spacial score (nSPS) is 24.4. The standard InChI is InChI=1S/C11H12O3/c1-7-2-4-8(5-3-7)14-10-6-9(10)11(12)13/h2-5,9-10H,6H2,1H3,(H,12,13). The molecule has 3 heteroatoms. The fourth-order valence-corrected chi connectivity index (χ4v) is 1.35. The van der Waals surface area contributed by atoms with Crippen molar-refractivity contribution in [3.63, 3.8) is 0 Å². The third-order valence-corrected chi connectivity index (χ3v) is 2.36. The van der Waals surface area contributed by atoms with Gasteiger partial charge < -0.3 is 9.84 Å². The van der Waals surface area contributed by atoms with Crippen LogP contribution in [0.4, 0.5) is 0 Å². The van der Waals surface area contributed by atoms with Crippen LogP contribution in [0, 0.1) is 12.8 Å². The molecule has 3 nitrogen and oxygen atoms in total. The van der Waals surface area contributed by atoms with Gasteiger partial charge in [0.1, 0.15) is 11.9 Å². The largest absolute Gasteiger partial charge is 0.490 e. The van der Waals surface area contributed by atoms with Crippen LogP contribution < -0.4 is 4.74 Å². The maximum Gasteiger partial charge on any atom is 0.310 e. The highest BCUT2D eigenvalue weighted by molar-refractivity contribution is 5.74. The summed E-state index contributed by atoms with van der Waals surface area (Å²) >= 11 is 0. The van der Waals surface area contributed by atoms with Crippen LogP contribution in [-0.4, -0.2) is 17.2 Å². The van der Waals surface area contributed by atoms with Crippen molar-refractivity contribution >= 4 is 5.97 Å². The molecule has 2 atom stereocenters. The molecule has 0 saturated heterocycles. The molecule has 0 bridgehead atoms. The second kappa shape index (κ2) is 3.33. The van der Waals surface area contributed by atoms with Gasteiger partial charge in [-0.3, -0.25) is 4.79 Å². The second-order valence-electron chi connectivity index (χ2n) is 3.65. The summed E-state index contributed by atoms with van der Waals surface area (Å²) in [6.07, 6.45) is 0.499. The van der Waals surface area contributed by atoms with Crippen LogP contribution in [0.2, 0.25) is 0 Å². The Morgan fingerprint density at radius 3 is 2.57 bits per heavy atom. The molecule has 2 unspecified atom stereocenters. The van der Waals surface area contributed by atoms with Gasteiger partial charge in [-0.25, -0.2) is 0 Å². The molecule has 1 saturated carbocycles. The van der Waals surface area contributed by atoms with Gasteiger partial charge in [0.15, 0.2) is 0 Å². The van der Waals surface area contributed by atoms with E-state index >= 15 is 0 Å². The van der Waals surface area contributed by atoms with Gasteiger partial charge in [0.2, 0.25) is 0 Å². The minimum absolute atomic E-state index is 0.129. The van der Waals surface area contributed by atoms with E-state index in [4.69, 9.17) is 9.84 Å². The first-order valence-corrected chi connectivity index (χ1v) is 4.63. The smallest absolute Gasteiger partial charge is 0.310 e. The van der Waals surface area contributed by atoms with Crippen LogP contribution in [0.1, 0.15) is 12.0 Å². The number of rotatable bonds is 3. The van der Waals surface area contributed by atoms with E-state index in [1.165, 1.54) is 5.56 Å². The Morgan fingerprint density at radius 2 is 2.07 bits per heavy atom. The van der Waals surface area contributed by atoms with Gasteiger partial charge in [-0.05, 0) is 19.1 Å². The quantitative estimate of drug-likeness (QED) is 0.794. The van der Waals surface area contributed by atoms with Crippen molar-refractivity contribution in [2.75, 3.05) is 0 Å². The molecule has 74 valence electrons. The van der Waals surface area contributed by atoms with Gasteiger partial charge >= 0.3 is 5.97 Å². The average Bonchev–Trinajstić information content (AvgIpc) is 2.88. The molecule has 0 heterocycles. The number of carboxylic acids is 1. The van der Waals surface area contributed by atoms with Gasteiger partial charge in [-0.15, -0.1) is 0 Å². The third-order valence-electron chi connectivity index (χ3n) is 2.36. The molecule has 0 aromatic heterocycles. The molecule has 0 aliphatic heterocycles. The fraction of sp³-hybridized carbons (Fsp3) is 0.364. The predicted octanol–water partition coefficient (Wildman–Crippen LogP) is 1.85. The zero-order valence-corrected chi connectivity index (χ0v) is 7.93. The van der Waals surface area contributed by atoms with Crippen molar-refractivity contribution in [3.05, 3.63) is 29.8 Å². The Labute approximate surface area is 82.3 Å². The van der Waals surface area contributed by atoms with E-state index in [-0.39, 0.29) is 12.0 Å². The minimum Gasteiger partial charge on any atom is -0.490 e. The van der Waals surface area contributed by atoms with Gasteiger partial charge in [-0.2, -0.15) is 0 Å². The number of aliphatic carboxylic acids is 1. The lowest BCUT2D eigenvalue weighted by Gasteiger charge is -2.04. The van der Waals surface area contributed by atoms with Crippen molar-refractivity contribution in [2.24, 2.45) is 5.92 Å². The van der Waals surface area contributed by atoms with E-state index < -0.39 is 5.97 Å². The second-order valence-corrected chi connectivity index (χ2v) is 3.65. The maximum atomic E-state index is 10.5. The van der Waals surface area contributed by atoms with E-state index in [1.807, 2.05) is 31.2 Å². The molecule has 1 aromatic carbocycles. The molecule has 1 aliphatic rings. The molecule has 1 fully saturated rings. The molecule has 0 amide bonds. The van der Waals surface area contributed by atoms with Crippen LogP contribution in [0.5, 0.6) is 5.75 Å². The van der Waals surface area contributed by atoms with Gasteiger partial charge in [0.25, 0.3) is 0 Å². The van der Waals surface area contributed by atoms with Crippen LogP contribution >= 0.6 is 0 Å². The highest BCUT2D eigenvalue weighted by Crippen LogP contribution is 2.34. The molecular weight excluding hydrogens is 180 g/mol. The van der Waals surface area contributed by atoms with E-state index in [0.717, 1.165) is 5.75 Å². The molecule has 14 heavy (non-hydrogen) atoms. The number of ether oxygens (including phenoxy) is 1. The van der Waals surface area contributed by atoms with Crippen molar-refractivity contribution in [3.8, 4) is 5.75 Å². The molecular formula is C11H12O3. The lowest BCUT2D eigenvalue weighted by atomic mass is 10.2. The first-order valence-electron chi connectivity index (χ1n) is 4.63. The Kier molecular flexibility index (Phi) is 2.15. The summed E-state index contributed by atoms with van der Waals surface area (Å²) in [5.41, 5.74) is 1.17. The third kappa shape index (κ3) is 1.87. The van der Waals surface area contributed by atoms with Gasteiger partial charge in [0.05, 0.1) is 5.92 Å². The van der Waals surface area contributed by atoms with Crippen molar-refractivity contribution < 1.29 is 14.6 Å². The van der Waals surface area contributed by atoms with E-state index in [1.54, 1.807) is 0 Å². The number of carbonyl (C=O) groups is 1. The molecule has 0 spiro atoms. The lowest BCUT2D eigenvalue weighted by molar-refractivity contribution is -0.139. The SMILES string of the molecule is Cc1ccc(OC2CC2C(=O)O)cc1. The zero-order valence-electron chi connectivity index (χ0n) is 7.93. The lowest BCUT2D eigenvalue weighted by Crippen LogP contribution is -2.07. The summed E-state index contributed by atoms with van der Waals surface area (Å²) in [5, 5.41) is 8.67. The highest BCUT2D eigenvalue weighted by atomic mass is 16.5. The van der Waals surface area contributed by atoms with Gasteiger partial charge in [-0.1, -0.05) is 17.7 Å². The van der Waals surface area contributed by atoms with Gasteiger partial charge in [0, 0.05) is 6.42 Å². The summed E-state index contributed by atoms with van der Waals surface area (Å²) in [6, 6.07) is 7.64. The van der Waals surface area contributed by atoms with Crippen molar-refractivity contribution in [2.45, 2.75) is 19.4 Å². The number of hydrogen-bond acceptors (Lipinski definition) is 2. The first-order chi connectivity index (χ1) is 6.66. The van der Waals surface area contributed by atoms with Crippen LogP contribution in [0.15, 0.2) is 24.3 Å². The van der Waals surface area contributed by atoms with E-state index in [2.05, 4.69) is 0 Å². The van der Waals surface area contributed by atoms with Crippen LogP contribution in [0.25, 0.3) is 0 Å². The molecule has 0 radical (unpaired) electrons. The first kappa shape index (κ1) is 9.06. The van der Waals surface area contributed by atoms with Crippen LogP contribution in [0.3, 0.4) is 0 Å². The molecule has 2 rings (SSSR count). The van der Waals surface area contributed by atoms with Crippen molar-refractivity contribution in [1.29, 1.82) is 0 Å². The summed E-state index contributed by atoms with van der Waals surface area (Å²) in [5.74, 6) is -0.317. The molecule has 1 aliphatic carbocycles. The number of hydrogen-bond donors (Lipinski definition) is 1. The number of benzene rings is 1. The Hall–Kier alpha value is -1.51. The zero-order chi connectivity index (χ0) is 10.1. The maximum absolute atomic E-state index is 10.5. The van der Waals surface area contributed by atoms with E-state index in [9.17, 15) is 4.79 Å².